The monoisotopic (exact) mass is 353 g/mol. The average Bonchev–Trinajstić information content (AvgIpc) is 2.52. The third-order valence-electron chi connectivity index (χ3n) is 3.57. The number of alkyl halides is 3. The van der Waals surface area contributed by atoms with Crippen LogP contribution in [0.25, 0.3) is 0 Å². The molecular formula is C17H14F3NO2S. The van der Waals surface area contributed by atoms with Crippen LogP contribution in [-0.4, -0.2) is 17.5 Å². The van der Waals surface area contributed by atoms with Crippen LogP contribution in [0.2, 0.25) is 0 Å². The molecule has 0 radical (unpaired) electrons. The standard InChI is InChI=1S/C17H14F3NO2S/c1-11-16(22)21(14-4-2-3-5-15(14)24-11)10-12-6-8-13(9-7-12)23-17(18,19)20/h2-9,11H,10H2,1H3. The summed E-state index contributed by atoms with van der Waals surface area (Å²) in [6, 6.07) is 13.2. The van der Waals surface area contributed by atoms with Gasteiger partial charge < -0.3 is 9.64 Å². The lowest BCUT2D eigenvalue weighted by Gasteiger charge is -2.32. The summed E-state index contributed by atoms with van der Waals surface area (Å²) in [4.78, 5) is 15.2. The predicted octanol–water partition coefficient (Wildman–Crippen LogP) is 4.61. The molecule has 1 aliphatic rings. The molecule has 0 fully saturated rings. The van der Waals surface area contributed by atoms with E-state index in [4.69, 9.17) is 0 Å². The first kappa shape index (κ1) is 16.7. The molecule has 0 bridgehead atoms. The van der Waals surface area contributed by atoms with Gasteiger partial charge in [-0.3, -0.25) is 4.79 Å². The second-order valence-corrected chi connectivity index (χ2v) is 6.73. The summed E-state index contributed by atoms with van der Waals surface area (Å²) < 4.78 is 40.4. The Labute approximate surface area is 141 Å². The number of benzene rings is 2. The fraction of sp³-hybridized carbons (Fsp3) is 0.235. The quantitative estimate of drug-likeness (QED) is 0.807. The highest BCUT2D eigenvalue weighted by Gasteiger charge is 2.32. The third-order valence-corrected chi connectivity index (χ3v) is 4.73. The molecule has 2 aromatic rings. The van der Waals surface area contributed by atoms with Crippen molar-refractivity contribution >= 4 is 23.4 Å². The first-order valence-electron chi connectivity index (χ1n) is 7.25. The molecule has 7 heteroatoms. The minimum atomic E-state index is -4.71. The molecule has 126 valence electrons. The Morgan fingerprint density at radius 2 is 1.79 bits per heavy atom. The van der Waals surface area contributed by atoms with E-state index in [1.54, 1.807) is 4.90 Å². The van der Waals surface area contributed by atoms with Crippen LogP contribution in [0.1, 0.15) is 12.5 Å². The highest BCUT2D eigenvalue weighted by atomic mass is 32.2. The Morgan fingerprint density at radius 3 is 2.46 bits per heavy atom. The van der Waals surface area contributed by atoms with Crippen molar-refractivity contribution in [3.05, 3.63) is 54.1 Å². The zero-order valence-electron chi connectivity index (χ0n) is 12.7. The van der Waals surface area contributed by atoms with Crippen molar-refractivity contribution in [3.63, 3.8) is 0 Å². The number of anilines is 1. The number of fused-ring (bicyclic) bond motifs is 1. The SMILES string of the molecule is CC1Sc2ccccc2N(Cc2ccc(OC(F)(F)F)cc2)C1=O. The smallest absolute Gasteiger partial charge is 0.406 e. The zero-order valence-corrected chi connectivity index (χ0v) is 13.5. The molecule has 1 aliphatic heterocycles. The van der Waals surface area contributed by atoms with Crippen LogP contribution in [0.4, 0.5) is 18.9 Å². The molecule has 3 nitrogen and oxygen atoms in total. The van der Waals surface area contributed by atoms with Gasteiger partial charge in [0.15, 0.2) is 0 Å². The number of hydrogen-bond donors (Lipinski definition) is 0. The van der Waals surface area contributed by atoms with E-state index in [0.29, 0.717) is 6.54 Å². The maximum Gasteiger partial charge on any atom is 0.573 e. The third kappa shape index (κ3) is 3.67. The second kappa shape index (κ2) is 6.39. The van der Waals surface area contributed by atoms with Crippen LogP contribution in [0.5, 0.6) is 5.75 Å². The first-order chi connectivity index (χ1) is 11.3. The first-order valence-corrected chi connectivity index (χ1v) is 8.13. The Kier molecular flexibility index (Phi) is 4.45. The lowest BCUT2D eigenvalue weighted by Crippen LogP contribution is -2.39. The number of ether oxygens (including phenoxy) is 1. The zero-order chi connectivity index (χ0) is 17.3. The molecule has 1 unspecified atom stereocenters. The number of nitrogens with zero attached hydrogens (tertiary/aromatic N) is 1. The van der Waals surface area contributed by atoms with Crippen LogP contribution < -0.4 is 9.64 Å². The van der Waals surface area contributed by atoms with E-state index in [1.807, 2.05) is 31.2 Å². The van der Waals surface area contributed by atoms with E-state index < -0.39 is 6.36 Å². The number of amides is 1. The van der Waals surface area contributed by atoms with E-state index in [0.717, 1.165) is 16.1 Å². The Bertz CT molecular complexity index is 746. The van der Waals surface area contributed by atoms with Crippen molar-refractivity contribution in [1.82, 2.24) is 0 Å². The largest absolute Gasteiger partial charge is 0.573 e. The molecule has 0 spiro atoms. The fourth-order valence-corrected chi connectivity index (χ4v) is 3.57. The van der Waals surface area contributed by atoms with E-state index in [-0.39, 0.29) is 16.9 Å². The van der Waals surface area contributed by atoms with Crippen LogP contribution >= 0.6 is 11.8 Å². The number of carbonyl (C=O) groups excluding carboxylic acids is 1. The van der Waals surface area contributed by atoms with Crippen LogP contribution in [-0.2, 0) is 11.3 Å². The average molecular weight is 353 g/mol. The minimum absolute atomic E-state index is 0.0191. The maximum atomic E-state index is 12.5. The molecular weight excluding hydrogens is 339 g/mol. The molecule has 0 saturated carbocycles. The summed E-state index contributed by atoms with van der Waals surface area (Å²) >= 11 is 1.51. The lowest BCUT2D eigenvalue weighted by atomic mass is 10.1. The van der Waals surface area contributed by atoms with Crippen molar-refractivity contribution in [1.29, 1.82) is 0 Å². The van der Waals surface area contributed by atoms with Gasteiger partial charge in [0.2, 0.25) is 5.91 Å². The summed E-state index contributed by atoms with van der Waals surface area (Å²) in [6.45, 7) is 2.14. The molecule has 2 aromatic carbocycles. The van der Waals surface area contributed by atoms with Crippen molar-refractivity contribution < 1.29 is 22.7 Å². The summed E-state index contributed by atoms with van der Waals surface area (Å²) in [7, 11) is 0. The Morgan fingerprint density at radius 1 is 1.12 bits per heavy atom. The predicted molar refractivity (Wildman–Crippen MR) is 86.1 cm³/mol. The fourth-order valence-electron chi connectivity index (χ4n) is 2.50. The van der Waals surface area contributed by atoms with Gasteiger partial charge in [0.1, 0.15) is 5.75 Å². The number of carbonyl (C=O) groups is 1. The molecule has 0 aliphatic carbocycles. The van der Waals surface area contributed by atoms with E-state index in [9.17, 15) is 18.0 Å². The van der Waals surface area contributed by atoms with Gasteiger partial charge in [-0.1, -0.05) is 24.3 Å². The molecule has 24 heavy (non-hydrogen) atoms. The molecule has 1 heterocycles. The van der Waals surface area contributed by atoms with Gasteiger partial charge in [-0.05, 0) is 36.8 Å². The van der Waals surface area contributed by atoms with Crippen molar-refractivity contribution in [2.45, 2.75) is 30.0 Å². The van der Waals surface area contributed by atoms with Gasteiger partial charge >= 0.3 is 6.36 Å². The van der Waals surface area contributed by atoms with Gasteiger partial charge in [0, 0.05) is 4.90 Å². The van der Waals surface area contributed by atoms with Gasteiger partial charge in [-0.15, -0.1) is 24.9 Å². The van der Waals surface area contributed by atoms with Crippen molar-refractivity contribution in [2.24, 2.45) is 0 Å². The number of para-hydroxylation sites is 1. The van der Waals surface area contributed by atoms with Gasteiger partial charge in [-0.25, -0.2) is 0 Å². The number of thioether (sulfide) groups is 1. The molecule has 0 saturated heterocycles. The molecule has 1 atom stereocenters. The summed E-state index contributed by atoms with van der Waals surface area (Å²) in [5, 5.41) is -0.201. The minimum Gasteiger partial charge on any atom is -0.406 e. The number of hydrogen-bond acceptors (Lipinski definition) is 3. The molecule has 0 N–H and O–H groups in total. The molecule has 0 aromatic heterocycles. The second-order valence-electron chi connectivity index (χ2n) is 5.34. The highest BCUT2D eigenvalue weighted by Crippen LogP contribution is 2.39. The van der Waals surface area contributed by atoms with E-state index in [2.05, 4.69) is 4.74 Å². The molecule has 1 amide bonds. The summed E-state index contributed by atoms with van der Waals surface area (Å²) in [6.07, 6.45) is -4.71. The van der Waals surface area contributed by atoms with Crippen LogP contribution in [0.15, 0.2) is 53.4 Å². The van der Waals surface area contributed by atoms with E-state index in [1.165, 1.54) is 36.0 Å². The van der Waals surface area contributed by atoms with Crippen LogP contribution in [0, 0.1) is 0 Å². The normalized spacial score (nSPS) is 17.6. The number of rotatable bonds is 3. The Hall–Kier alpha value is -2.15. The lowest BCUT2D eigenvalue weighted by molar-refractivity contribution is -0.274. The highest BCUT2D eigenvalue weighted by molar-refractivity contribution is 8.00. The summed E-state index contributed by atoms with van der Waals surface area (Å²) in [5.41, 5.74) is 1.55. The van der Waals surface area contributed by atoms with Gasteiger partial charge in [0.05, 0.1) is 17.5 Å². The van der Waals surface area contributed by atoms with Gasteiger partial charge in [-0.2, -0.15) is 0 Å². The van der Waals surface area contributed by atoms with E-state index >= 15 is 0 Å². The van der Waals surface area contributed by atoms with Crippen molar-refractivity contribution in [2.75, 3.05) is 4.90 Å². The maximum absolute atomic E-state index is 12.5. The molecule has 3 rings (SSSR count). The number of halogens is 3. The van der Waals surface area contributed by atoms with Crippen LogP contribution in [0.3, 0.4) is 0 Å². The topological polar surface area (TPSA) is 29.5 Å². The van der Waals surface area contributed by atoms with Crippen molar-refractivity contribution in [3.8, 4) is 5.75 Å². The Balaban J connectivity index is 1.81. The van der Waals surface area contributed by atoms with Gasteiger partial charge in [0.25, 0.3) is 0 Å². The summed E-state index contributed by atoms with van der Waals surface area (Å²) in [5.74, 6) is -0.296.